The Hall–Kier alpha value is -0.650. The summed E-state index contributed by atoms with van der Waals surface area (Å²) in [6.45, 7) is 1.70. The summed E-state index contributed by atoms with van der Waals surface area (Å²) < 4.78 is 4.87. The van der Waals surface area contributed by atoms with Crippen LogP contribution in [0.5, 0.6) is 0 Å². The zero-order chi connectivity index (χ0) is 11.1. The van der Waals surface area contributed by atoms with E-state index in [1.807, 2.05) is 0 Å². The van der Waals surface area contributed by atoms with Crippen molar-refractivity contribution in [1.29, 1.82) is 0 Å². The molecule has 0 saturated heterocycles. The van der Waals surface area contributed by atoms with E-state index in [2.05, 4.69) is 10.6 Å². The van der Waals surface area contributed by atoms with Gasteiger partial charge >= 0.3 is 0 Å². The van der Waals surface area contributed by atoms with Gasteiger partial charge in [0, 0.05) is 25.8 Å². The Kier molecular flexibility index (Phi) is 5.01. The standard InChI is InChI=1S/C10H20N2O3/c1-15-6-2-5-11-9(14)7-12-10(8-13)3-4-10/h12-13H,2-8H2,1H3,(H,11,14). The number of carbonyl (C=O) groups is 1. The second-order valence-electron chi connectivity index (χ2n) is 3.99. The molecule has 0 heterocycles. The first-order valence-electron chi connectivity index (χ1n) is 5.34. The van der Waals surface area contributed by atoms with Crippen molar-refractivity contribution in [1.82, 2.24) is 10.6 Å². The maximum Gasteiger partial charge on any atom is 0.233 e. The van der Waals surface area contributed by atoms with Gasteiger partial charge in [-0.3, -0.25) is 4.79 Å². The molecule has 0 aliphatic heterocycles. The first-order valence-corrected chi connectivity index (χ1v) is 5.34. The van der Waals surface area contributed by atoms with E-state index in [1.54, 1.807) is 7.11 Å². The number of amides is 1. The van der Waals surface area contributed by atoms with Crippen molar-refractivity contribution >= 4 is 5.91 Å². The zero-order valence-electron chi connectivity index (χ0n) is 9.21. The van der Waals surface area contributed by atoms with E-state index < -0.39 is 0 Å². The summed E-state index contributed by atoms with van der Waals surface area (Å²) in [6.07, 6.45) is 2.74. The van der Waals surface area contributed by atoms with Crippen LogP contribution in [-0.4, -0.2) is 50.0 Å². The number of aliphatic hydroxyl groups excluding tert-OH is 1. The predicted molar refractivity (Wildman–Crippen MR) is 56.6 cm³/mol. The number of hydrogen-bond acceptors (Lipinski definition) is 4. The van der Waals surface area contributed by atoms with Gasteiger partial charge < -0.3 is 20.5 Å². The summed E-state index contributed by atoms with van der Waals surface area (Å²) in [5.41, 5.74) is -0.163. The van der Waals surface area contributed by atoms with Crippen LogP contribution in [0.2, 0.25) is 0 Å². The van der Waals surface area contributed by atoms with Crippen LogP contribution in [0.4, 0.5) is 0 Å². The maximum absolute atomic E-state index is 11.3. The average molecular weight is 216 g/mol. The fourth-order valence-electron chi connectivity index (χ4n) is 1.32. The van der Waals surface area contributed by atoms with Crippen LogP contribution in [0.25, 0.3) is 0 Å². The Labute approximate surface area is 90.2 Å². The van der Waals surface area contributed by atoms with Crippen LogP contribution >= 0.6 is 0 Å². The van der Waals surface area contributed by atoms with Gasteiger partial charge in [0.05, 0.1) is 13.2 Å². The zero-order valence-corrected chi connectivity index (χ0v) is 9.21. The van der Waals surface area contributed by atoms with E-state index in [9.17, 15) is 4.79 Å². The highest BCUT2D eigenvalue weighted by Gasteiger charge is 2.41. The smallest absolute Gasteiger partial charge is 0.233 e. The second kappa shape index (κ2) is 6.05. The Bertz CT molecular complexity index is 205. The molecule has 1 aliphatic carbocycles. The Balaban J connectivity index is 1.99. The first-order chi connectivity index (χ1) is 7.22. The van der Waals surface area contributed by atoms with Gasteiger partial charge in [0.2, 0.25) is 5.91 Å². The second-order valence-corrected chi connectivity index (χ2v) is 3.99. The minimum absolute atomic E-state index is 0.0224. The normalized spacial score (nSPS) is 17.5. The molecule has 88 valence electrons. The van der Waals surface area contributed by atoms with Gasteiger partial charge in [-0.05, 0) is 19.3 Å². The van der Waals surface area contributed by atoms with Crippen molar-refractivity contribution < 1.29 is 14.6 Å². The SMILES string of the molecule is COCCCNC(=O)CNC1(CO)CC1. The van der Waals surface area contributed by atoms with Crippen LogP contribution in [0.1, 0.15) is 19.3 Å². The number of hydrogen-bond donors (Lipinski definition) is 3. The third kappa shape index (κ3) is 4.59. The number of methoxy groups -OCH3 is 1. The van der Waals surface area contributed by atoms with Gasteiger partial charge in [-0.1, -0.05) is 0 Å². The lowest BCUT2D eigenvalue weighted by Gasteiger charge is -2.13. The molecule has 1 aliphatic rings. The largest absolute Gasteiger partial charge is 0.394 e. The molecule has 1 fully saturated rings. The lowest BCUT2D eigenvalue weighted by Crippen LogP contribution is -2.42. The Morgan fingerprint density at radius 2 is 2.27 bits per heavy atom. The number of rotatable bonds is 8. The fourth-order valence-corrected chi connectivity index (χ4v) is 1.32. The van der Waals surface area contributed by atoms with E-state index >= 15 is 0 Å². The number of carbonyl (C=O) groups excluding carboxylic acids is 1. The van der Waals surface area contributed by atoms with Gasteiger partial charge in [-0.15, -0.1) is 0 Å². The van der Waals surface area contributed by atoms with E-state index in [0.717, 1.165) is 19.3 Å². The third-order valence-electron chi connectivity index (χ3n) is 2.63. The van der Waals surface area contributed by atoms with Crippen molar-refractivity contribution in [3.8, 4) is 0 Å². The van der Waals surface area contributed by atoms with Crippen LogP contribution in [0.3, 0.4) is 0 Å². The van der Waals surface area contributed by atoms with E-state index in [1.165, 1.54) is 0 Å². The van der Waals surface area contributed by atoms with Crippen LogP contribution in [0.15, 0.2) is 0 Å². The van der Waals surface area contributed by atoms with Crippen molar-refractivity contribution in [2.75, 3.05) is 33.4 Å². The highest BCUT2D eigenvalue weighted by Crippen LogP contribution is 2.34. The molecule has 1 saturated carbocycles. The summed E-state index contributed by atoms with van der Waals surface area (Å²) in [6, 6.07) is 0. The highest BCUT2D eigenvalue weighted by atomic mass is 16.5. The molecule has 0 aromatic rings. The van der Waals surface area contributed by atoms with Crippen molar-refractivity contribution in [3.63, 3.8) is 0 Å². The predicted octanol–water partition coefficient (Wildman–Crippen LogP) is -0.746. The average Bonchev–Trinajstić information content (AvgIpc) is 3.02. The van der Waals surface area contributed by atoms with Crippen LogP contribution in [-0.2, 0) is 9.53 Å². The molecule has 1 rings (SSSR count). The van der Waals surface area contributed by atoms with Crippen LogP contribution in [0, 0.1) is 0 Å². The molecule has 1 amide bonds. The monoisotopic (exact) mass is 216 g/mol. The molecule has 0 aromatic heterocycles. The fraction of sp³-hybridized carbons (Fsp3) is 0.900. The van der Waals surface area contributed by atoms with Gasteiger partial charge in [0.1, 0.15) is 0 Å². The van der Waals surface area contributed by atoms with E-state index in [0.29, 0.717) is 13.2 Å². The van der Waals surface area contributed by atoms with Crippen molar-refractivity contribution in [2.24, 2.45) is 0 Å². The molecule has 5 heteroatoms. The van der Waals surface area contributed by atoms with Crippen LogP contribution < -0.4 is 10.6 Å². The van der Waals surface area contributed by atoms with Gasteiger partial charge in [-0.2, -0.15) is 0 Å². The van der Waals surface area contributed by atoms with Gasteiger partial charge in [-0.25, -0.2) is 0 Å². The molecule has 15 heavy (non-hydrogen) atoms. The molecular weight excluding hydrogens is 196 g/mol. The summed E-state index contributed by atoms with van der Waals surface area (Å²) in [5, 5.41) is 14.9. The van der Waals surface area contributed by atoms with Gasteiger partial charge in [0.25, 0.3) is 0 Å². The van der Waals surface area contributed by atoms with Gasteiger partial charge in [0.15, 0.2) is 0 Å². The first kappa shape index (κ1) is 12.4. The summed E-state index contributed by atoms with van der Waals surface area (Å²) >= 11 is 0. The molecule has 0 atom stereocenters. The van der Waals surface area contributed by atoms with Crippen molar-refractivity contribution in [2.45, 2.75) is 24.8 Å². The molecule has 0 radical (unpaired) electrons. The molecular formula is C10H20N2O3. The molecule has 5 nitrogen and oxygen atoms in total. The molecule has 0 unspecified atom stereocenters. The van der Waals surface area contributed by atoms with Crippen molar-refractivity contribution in [3.05, 3.63) is 0 Å². The third-order valence-corrected chi connectivity index (χ3v) is 2.63. The Morgan fingerprint density at radius 3 is 2.80 bits per heavy atom. The van der Waals surface area contributed by atoms with E-state index in [-0.39, 0.29) is 24.6 Å². The number of ether oxygens (including phenoxy) is 1. The molecule has 0 bridgehead atoms. The summed E-state index contributed by atoms with van der Waals surface area (Å²) in [7, 11) is 1.64. The maximum atomic E-state index is 11.3. The quantitative estimate of drug-likeness (QED) is 0.467. The minimum atomic E-state index is -0.163. The number of aliphatic hydroxyl groups is 1. The number of nitrogens with one attached hydrogen (secondary N) is 2. The lowest BCUT2D eigenvalue weighted by atomic mass is 10.3. The minimum Gasteiger partial charge on any atom is -0.394 e. The molecule has 0 aromatic carbocycles. The van der Waals surface area contributed by atoms with E-state index in [4.69, 9.17) is 9.84 Å². The topological polar surface area (TPSA) is 70.6 Å². The molecule has 3 N–H and O–H groups in total. The Morgan fingerprint density at radius 1 is 1.53 bits per heavy atom. The summed E-state index contributed by atoms with van der Waals surface area (Å²) in [4.78, 5) is 11.3. The highest BCUT2D eigenvalue weighted by molar-refractivity contribution is 5.78. The lowest BCUT2D eigenvalue weighted by molar-refractivity contribution is -0.120. The molecule has 0 spiro atoms. The summed E-state index contributed by atoms with van der Waals surface area (Å²) in [5.74, 6) is -0.0224.